The molecule has 1 saturated heterocycles. The highest BCUT2D eigenvalue weighted by atomic mass is 16.5. The summed E-state index contributed by atoms with van der Waals surface area (Å²) in [4.78, 5) is 25.8. The molecule has 1 heterocycles. The van der Waals surface area contributed by atoms with Crippen LogP contribution in [0.5, 0.6) is 0 Å². The summed E-state index contributed by atoms with van der Waals surface area (Å²) in [6.07, 6.45) is 7.80. The van der Waals surface area contributed by atoms with Crippen molar-refractivity contribution < 1.29 is 14.3 Å². The van der Waals surface area contributed by atoms with Crippen molar-refractivity contribution in [2.24, 2.45) is 17.8 Å². The molecule has 2 rings (SSSR count). The molecule has 1 aliphatic carbocycles. The number of carbonyl (C=O) groups excluding carboxylic acids is 2. The van der Waals surface area contributed by atoms with Crippen LogP contribution >= 0.6 is 0 Å². The highest BCUT2D eigenvalue weighted by Crippen LogP contribution is 2.25. The van der Waals surface area contributed by atoms with Crippen LogP contribution in [0.15, 0.2) is 0 Å². The molecular formula is C19H34N2O3. The Balaban J connectivity index is 1.90. The van der Waals surface area contributed by atoms with Crippen LogP contribution in [0.3, 0.4) is 0 Å². The first-order chi connectivity index (χ1) is 11.5. The average Bonchev–Trinajstić information content (AvgIpc) is 2.57. The van der Waals surface area contributed by atoms with Crippen molar-refractivity contribution in [2.45, 2.75) is 71.4 Å². The van der Waals surface area contributed by atoms with Crippen LogP contribution < -0.4 is 5.32 Å². The monoisotopic (exact) mass is 338 g/mol. The number of nitrogens with one attached hydrogen (secondary N) is 1. The van der Waals surface area contributed by atoms with Gasteiger partial charge >= 0.3 is 0 Å². The van der Waals surface area contributed by atoms with Gasteiger partial charge < -0.3 is 15.0 Å². The van der Waals surface area contributed by atoms with E-state index in [1.165, 1.54) is 32.1 Å². The zero-order valence-corrected chi connectivity index (χ0v) is 15.5. The summed E-state index contributed by atoms with van der Waals surface area (Å²) < 4.78 is 5.99. The number of nitrogens with zero attached hydrogens (tertiary/aromatic N) is 1. The smallest absolute Gasteiger partial charge is 0.247 e. The van der Waals surface area contributed by atoms with Crippen LogP contribution in [0.1, 0.15) is 59.3 Å². The fraction of sp³-hybridized carbons (Fsp3) is 0.895. The van der Waals surface area contributed by atoms with Crippen molar-refractivity contribution in [3.8, 4) is 0 Å². The third-order valence-electron chi connectivity index (χ3n) is 5.48. The van der Waals surface area contributed by atoms with E-state index >= 15 is 0 Å². The van der Waals surface area contributed by atoms with E-state index in [-0.39, 0.29) is 12.0 Å². The Kier molecular flexibility index (Phi) is 7.53. The summed E-state index contributed by atoms with van der Waals surface area (Å²) in [6.45, 7) is 8.50. The summed E-state index contributed by atoms with van der Waals surface area (Å²) in [5.41, 5.74) is 0. The molecule has 24 heavy (non-hydrogen) atoms. The first-order valence-electron chi connectivity index (χ1n) is 9.61. The van der Waals surface area contributed by atoms with Crippen LogP contribution in [0.2, 0.25) is 0 Å². The molecule has 0 bridgehead atoms. The molecule has 0 radical (unpaired) electrons. The maximum atomic E-state index is 12.9. The fourth-order valence-corrected chi connectivity index (χ4v) is 4.26. The standard InChI is InChI=1S/C19H34N2O3/c1-14-9-15(2)11-21(10-14)19(23)18(20-13-22)16(3)24-12-17-7-5-4-6-8-17/h13-18H,4-12H2,1-3H3,(H,20,22). The van der Waals surface area contributed by atoms with E-state index in [1.54, 1.807) is 0 Å². The lowest BCUT2D eigenvalue weighted by Crippen LogP contribution is -2.55. The lowest BCUT2D eigenvalue weighted by Gasteiger charge is -2.38. The van der Waals surface area contributed by atoms with Gasteiger partial charge in [0.15, 0.2) is 0 Å². The van der Waals surface area contributed by atoms with Crippen molar-refractivity contribution in [1.29, 1.82) is 0 Å². The number of carbonyl (C=O) groups is 2. The van der Waals surface area contributed by atoms with Gasteiger partial charge in [0, 0.05) is 19.7 Å². The number of likely N-dealkylation sites (tertiary alicyclic amines) is 1. The van der Waals surface area contributed by atoms with Crippen molar-refractivity contribution in [3.63, 3.8) is 0 Å². The molecule has 0 aromatic carbocycles. The van der Waals surface area contributed by atoms with Gasteiger partial charge in [0.05, 0.1) is 6.10 Å². The van der Waals surface area contributed by atoms with Crippen molar-refractivity contribution in [3.05, 3.63) is 0 Å². The fourth-order valence-electron chi connectivity index (χ4n) is 4.26. The zero-order chi connectivity index (χ0) is 17.5. The molecule has 5 nitrogen and oxygen atoms in total. The van der Waals surface area contributed by atoms with E-state index in [0.29, 0.717) is 30.8 Å². The number of piperidine rings is 1. The molecule has 1 N–H and O–H groups in total. The van der Waals surface area contributed by atoms with Gasteiger partial charge in [-0.05, 0) is 43.9 Å². The highest BCUT2D eigenvalue weighted by Gasteiger charge is 2.33. The zero-order valence-electron chi connectivity index (χ0n) is 15.5. The van der Waals surface area contributed by atoms with Gasteiger partial charge in [0.2, 0.25) is 12.3 Å². The Morgan fingerprint density at radius 1 is 1.21 bits per heavy atom. The number of hydrogen-bond acceptors (Lipinski definition) is 3. The van der Waals surface area contributed by atoms with Gasteiger partial charge in [-0.1, -0.05) is 33.1 Å². The van der Waals surface area contributed by atoms with Crippen LogP contribution in [0.4, 0.5) is 0 Å². The summed E-state index contributed by atoms with van der Waals surface area (Å²) >= 11 is 0. The SMILES string of the molecule is CC1CC(C)CN(C(=O)C(NC=O)C(C)OCC2CCCCC2)C1. The number of hydrogen-bond donors (Lipinski definition) is 1. The molecule has 1 aliphatic heterocycles. The first-order valence-corrected chi connectivity index (χ1v) is 9.61. The molecule has 1 saturated carbocycles. The van der Waals surface area contributed by atoms with Gasteiger partial charge in [0.1, 0.15) is 6.04 Å². The Morgan fingerprint density at radius 3 is 2.42 bits per heavy atom. The van der Waals surface area contributed by atoms with E-state index in [2.05, 4.69) is 19.2 Å². The van der Waals surface area contributed by atoms with E-state index < -0.39 is 6.04 Å². The first kappa shape index (κ1) is 19.2. The average molecular weight is 338 g/mol. The highest BCUT2D eigenvalue weighted by molar-refractivity contribution is 5.84. The topological polar surface area (TPSA) is 58.6 Å². The van der Waals surface area contributed by atoms with Crippen LogP contribution in [0.25, 0.3) is 0 Å². The van der Waals surface area contributed by atoms with E-state index in [1.807, 2.05) is 11.8 Å². The minimum Gasteiger partial charge on any atom is -0.376 e. The molecule has 4 unspecified atom stereocenters. The Labute approximate surface area is 146 Å². The van der Waals surface area contributed by atoms with Gasteiger partial charge in [-0.15, -0.1) is 0 Å². The summed E-state index contributed by atoms with van der Waals surface area (Å²) in [7, 11) is 0. The third-order valence-corrected chi connectivity index (χ3v) is 5.48. The van der Waals surface area contributed by atoms with E-state index in [0.717, 1.165) is 19.5 Å². The van der Waals surface area contributed by atoms with Crippen LogP contribution in [-0.2, 0) is 14.3 Å². The van der Waals surface area contributed by atoms with E-state index in [9.17, 15) is 9.59 Å². The van der Waals surface area contributed by atoms with E-state index in [4.69, 9.17) is 4.74 Å². The minimum atomic E-state index is -0.580. The van der Waals surface area contributed by atoms with Crippen molar-refractivity contribution in [1.82, 2.24) is 10.2 Å². The third kappa shape index (κ3) is 5.47. The van der Waals surface area contributed by atoms with Gasteiger partial charge in [0.25, 0.3) is 0 Å². The number of ether oxygens (including phenoxy) is 1. The molecule has 0 aromatic rings. The molecule has 5 heteroatoms. The second kappa shape index (κ2) is 9.40. The molecule has 4 atom stereocenters. The summed E-state index contributed by atoms with van der Waals surface area (Å²) in [5, 5.41) is 2.70. The predicted molar refractivity (Wildman–Crippen MR) is 94.5 cm³/mol. The van der Waals surface area contributed by atoms with Crippen LogP contribution in [0, 0.1) is 17.8 Å². The normalized spacial score (nSPS) is 28.2. The number of amides is 2. The second-order valence-corrected chi connectivity index (χ2v) is 7.99. The van der Waals surface area contributed by atoms with Gasteiger partial charge in [-0.3, -0.25) is 9.59 Å². The minimum absolute atomic E-state index is 0.00311. The molecule has 2 amide bonds. The Bertz CT molecular complexity index is 399. The van der Waals surface area contributed by atoms with Crippen molar-refractivity contribution >= 4 is 12.3 Å². The molecule has 0 spiro atoms. The van der Waals surface area contributed by atoms with Gasteiger partial charge in [-0.25, -0.2) is 0 Å². The molecule has 2 fully saturated rings. The maximum Gasteiger partial charge on any atom is 0.247 e. The molecule has 138 valence electrons. The Morgan fingerprint density at radius 2 is 1.83 bits per heavy atom. The van der Waals surface area contributed by atoms with Crippen LogP contribution in [-0.4, -0.2) is 49.1 Å². The molecule has 0 aromatic heterocycles. The summed E-state index contributed by atoms with van der Waals surface area (Å²) in [5.74, 6) is 1.61. The molecule has 2 aliphatic rings. The predicted octanol–water partition coefficient (Wildman–Crippen LogP) is 2.59. The lowest BCUT2D eigenvalue weighted by molar-refractivity contribution is -0.141. The largest absolute Gasteiger partial charge is 0.376 e. The summed E-state index contributed by atoms with van der Waals surface area (Å²) in [6, 6.07) is -0.580. The quantitative estimate of drug-likeness (QED) is 0.726. The molecular weight excluding hydrogens is 304 g/mol. The maximum absolute atomic E-state index is 12.9. The second-order valence-electron chi connectivity index (χ2n) is 7.99. The van der Waals surface area contributed by atoms with Gasteiger partial charge in [-0.2, -0.15) is 0 Å². The lowest BCUT2D eigenvalue weighted by atomic mass is 9.90. The number of rotatable bonds is 7. The van der Waals surface area contributed by atoms with Crippen molar-refractivity contribution in [2.75, 3.05) is 19.7 Å². The Hall–Kier alpha value is -1.10.